The molecular weight excluding hydrogens is 342 g/mol. The van der Waals surface area contributed by atoms with E-state index in [9.17, 15) is 0 Å². The normalized spacial score (nSPS) is 4.00. The predicted octanol–water partition coefficient (Wildman–Crippen LogP) is 1.63. The quantitative estimate of drug-likeness (QED) is 0.526. The van der Waals surface area contributed by atoms with Gasteiger partial charge in [-0.3, -0.25) is 13.6 Å². The summed E-state index contributed by atoms with van der Waals surface area (Å²) in [6.07, 6.45) is 0. The molecule has 0 radical (unpaired) electrons. The van der Waals surface area contributed by atoms with Gasteiger partial charge in [0, 0.05) is 21.1 Å². The Morgan fingerprint density at radius 3 is 1.23 bits per heavy atom. The van der Waals surface area contributed by atoms with Gasteiger partial charge in [0.2, 0.25) is 0 Å². The Hall–Kier alpha value is -1.02. The molecule has 0 aromatic heterocycles. The van der Waals surface area contributed by atoms with Crippen molar-refractivity contribution >= 4 is 13.6 Å². The van der Waals surface area contributed by atoms with Gasteiger partial charge >= 0.3 is 0 Å². The van der Waals surface area contributed by atoms with Crippen LogP contribution in [-0.4, -0.2) is 13.6 Å². The third kappa shape index (κ3) is 55.9. The summed E-state index contributed by atoms with van der Waals surface area (Å²) in [5.74, 6) is 0. The zero-order valence-corrected chi connectivity index (χ0v) is 10.1. The van der Waals surface area contributed by atoms with Gasteiger partial charge in [-0.15, -0.1) is 0 Å². The van der Waals surface area contributed by atoms with Gasteiger partial charge < -0.3 is 27.5 Å². The zero-order chi connectivity index (χ0) is 9.54. The number of carbonyl (C=O) groups excluding carboxylic acids is 2. The van der Waals surface area contributed by atoms with Crippen molar-refractivity contribution in [3.63, 3.8) is 0 Å². The Morgan fingerprint density at radius 2 is 1.15 bits per heavy atom. The first kappa shape index (κ1) is 29.6. The Labute approximate surface area is 92.7 Å². The summed E-state index contributed by atoms with van der Waals surface area (Å²) >= 11 is 0. The van der Waals surface area contributed by atoms with Crippen molar-refractivity contribution in [2.75, 3.05) is 0 Å². The van der Waals surface area contributed by atoms with Gasteiger partial charge in [0.15, 0.2) is 0 Å². The molecular formula is C8H10NO3W-5. The molecule has 0 saturated carbocycles. The van der Waals surface area contributed by atoms with Gasteiger partial charge in [0.05, 0.1) is 0 Å². The maximum Gasteiger partial charge on any atom is 0 e. The van der Waals surface area contributed by atoms with Crippen LogP contribution in [0.4, 0.5) is 0 Å². The largest absolute Gasteiger partial charge is 0.577 e. The molecule has 0 atom stereocenters. The summed E-state index contributed by atoms with van der Waals surface area (Å²) in [6, 6.07) is 10.0. The summed E-state index contributed by atoms with van der Waals surface area (Å²) in [6.45, 7) is 6.50. The van der Waals surface area contributed by atoms with E-state index < -0.39 is 0 Å². The monoisotopic (exact) mass is 352 g/mol. The molecule has 0 fully saturated rings. The van der Waals surface area contributed by atoms with E-state index in [1.54, 1.807) is 0 Å². The summed E-state index contributed by atoms with van der Waals surface area (Å²) in [5.41, 5.74) is 5.75. The molecule has 1 aromatic rings. The Morgan fingerprint density at radius 1 is 0.923 bits per heavy atom. The molecule has 0 saturated heterocycles. The molecule has 0 amide bonds. The van der Waals surface area contributed by atoms with E-state index in [2.05, 4.69) is 13.6 Å². The van der Waals surface area contributed by atoms with Crippen LogP contribution in [0.1, 0.15) is 0 Å². The van der Waals surface area contributed by atoms with E-state index in [1.807, 2.05) is 30.3 Å². The van der Waals surface area contributed by atoms with Gasteiger partial charge in [-0.05, 0) is 0 Å². The third-order valence-electron chi connectivity index (χ3n) is 0.556. The minimum absolute atomic E-state index is 0. The van der Waals surface area contributed by atoms with E-state index in [0.717, 1.165) is 0 Å². The van der Waals surface area contributed by atoms with Gasteiger partial charge in [-0.25, -0.2) is 12.1 Å². The Kier molecular flexibility index (Phi) is 157. The maximum absolute atomic E-state index is 7.75. The van der Waals surface area contributed by atoms with E-state index in [0.29, 0.717) is 0 Å². The molecule has 0 aliphatic carbocycles. The molecule has 4 nitrogen and oxygen atoms in total. The minimum atomic E-state index is 0. The number of nitroso groups, excluding NO2 is 1. The fraction of sp³-hybridized carbons (Fsp3) is 0. The molecule has 0 bridgehead atoms. The predicted molar refractivity (Wildman–Crippen MR) is 48.7 cm³/mol. The second-order valence-electron chi connectivity index (χ2n) is 0.962. The van der Waals surface area contributed by atoms with Crippen molar-refractivity contribution in [2.45, 2.75) is 0 Å². The van der Waals surface area contributed by atoms with Crippen molar-refractivity contribution in [1.82, 2.24) is 0 Å². The molecule has 76 valence electrons. The first-order valence-corrected chi connectivity index (χ1v) is 2.32. The van der Waals surface area contributed by atoms with Crippen LogP contribution >= 0.6 is 0 Å². The minimum Gasteiger partial charge on any atom is -0.577 e. The number of nitrogens with zero attached hydrogens (tertiary/aromatic N) is 1. The molecule has 0 spiro atoms. The molecule has 0 aliphatic rings. The summed E-state index contributed by atoms with van der Waals surface area (Å²) in [7, 11) is 0. The first-order valence-electron chi connectivity index (χ1n) is 2.32. The van der Waals surface area contributed by atoms with Crippen molar-refractivity contribution in [3.05, 3.63) is 48.3 Å². The second-order valence-corrected chi connectivity index (χ2v) is 0.962. The standard InChI is InChI=1S/C5H5.2CHO.CH3.NO.W/c1-2-4-5-3-1;2*1-2;;1-2;/h1-5H;2*1H;1H3;;/q5*-1;. The average molecular weight is 352 g/mol. The Bertz CT molecular complexity index is 103. The van der Waals surface area contributed by atoms with Crippen molar-refractivity contribution < 1.29 is 30.7 Å². The smallest absolute Gasteiger partial charge is 0 e. The first-order chi connectivity index (χ1) is 5.50. The van der Waals surface area contributed by atoms with Crippen molar-refractivity contribution in [2.24, 2.45) is 0 Å². The topological polar surface area (TPSA) is 73.5 Å². The van der Waals surface area contributed by atoms with Gasteiger partial charge in [0.25, 0.3) is 0 Å². The molecule has 0 aliphatic heterocycles. The molecule has 0 heterocycles. The SMILES string of the molecule is [CH-]=O.[CH-]=O.[CH3-].[N-]=O.[W].c1cc[cH-]c1. The summed E-state index contributed by atoms with van der Waals surface area (Å²) in [5, 5.41) is 0. The van der Waals surface area contributed by atoms with Crippen LogP contribution in [0.5, 0.6) is 0 Å². The van der Waals surface area contributed by atoms with Crippen LogP contribution in [0.2, 0.25) is 0 Å². The van der Waals surface area contributed by atoms with Crippen molar-refractivity contribution in [3.8, 4) is 0 Å². The third-order valence-corrected chi connectivity index (χ3v) is 0.556. The molecule has 0 unspecified atom stereocenters. The molecule has 1 rings (SSSR count). The summed E-state index contributed by atoms with van der Waals surface area (Å²) in [4.78, 5) is 22.8. The fourth-order valence-corrected chi connectivity index (χ4v) is 0.321. The van der Waals surface area contributed by atoms with Crippen LogP contribution in [0.25, 0.3) is 5.59 Å². The molecule has 13 heavy (non-hydrogen) atoms. The molecule has 0 N–H and O–H groups in total. The van der Waals surface area contributed by atoms with E-state index in [1.165, 1.54) is 0 Å². The zero-order valence-electron chi connectivity index (χ0n) is 7.12. The van der Waals surface area contributed by atoms with Gasteiger partial charge in [-0.2, -0.15) is 18.2 Å². The van der Waals surface area contributed by atoms with Crippen LogP contribution < -0.4 is 0 Å². The molecule has 5 heteroatoms. The average Bonchev–Trinajstić information content (AvgIpc) is 2.71. The van der Waals surface area contributed by atoms with E-state index in [4.69, 9.17) is 20.1 Å². The van der Waals surface area contributed by atoms with Crippen LogP contribution in [0, 0.1) is 12.3 Å². The van der Waals surface area contributed by atoms with E-state index in [-0.39, 0.29) is 28.5 Å². The van der Waals surface area contributed by atoms with Crippen LogP contribution in [0.3, 0.4) is 0 Å². The van der Waals surface area contributed by atoms with Crippen molar-refractivity contribution in [1.29, 1.82) is 0 Å². The van der Waals surface area contributed by atoms with Gasteiger partial charge in [-0.1, -0.05) is 0 Å². The maximum atomic E-state index is 7.75. The molecule has 1 aromatic carbocycles. The fourth-order valence-electron chi connectivity index (χ4n) is 0.321. The number of hydrogen-bond donors (Lipinski definition) is 0. The second kappa shape index (κ2) is 69.1. The number of rotatable bonds is 0. The van der Waals surface area contributed by atoms with Gasteiger partial charge in [0.1, 0.15) is 0 Å². The number of hydrogen-bond acceptors (Lipinski definition) is 3. The van der Waals surface area contributed by atoms with Crippen LogP contribution in [-0.2, 0) is 30.7 Å². The summed E-state index contributed by atoms with van der Waals surface area (Å²) < 4.78 is 0. The van der Waals surface area contributed by atoms with E-state index >= 15 is 0 Å². The van der Waals surface area contributed by atoms with Crippen LogP contribution in [0.15, 0.2) is 30.3 Å². The Balaban J connectivity index is -0.0000000239.